The topological polar surface area (TPSA) is 30.5 Å². The lowest BCUT2D eigenvalue weighted by atomic mass is 10.2. The molecule has 0 unspecified atom stereocenters. The lowest BCUT2D eigenvalue weighted by Crippen LogP contribution is -2.26. The van der Waals surface area contributed by atoms with E-state index < -0.39 is 0 Å². The Bertz CT molecular complexity index is 381. The number of hydrogen-bond acceptors (Lipinski definition) is 3. The van der Waals surface area contributed by atoms with E-state index in [-0.39, 0.29) is 12.1 Å². The van der Waals surface area contributed by atoms with Crippen molar-refractivity contribution < 1.29 is 13.9 Å². The highest BCUT2D eigenvalue weighted by Crippen LogP contribution is 2.23. The summed E-state index contributed by atoms with van der Waals surface area (Å²) in [5.41, 5.74) is 1.72. The van der Waals surface area contributed by atoms with Gasteiger partial charge in [-0.25, -0.2) is 4.39 Å². The molecular formula is C13H19BrFNO2. The minimum atomic E-state index is -0.314. The molecule has 1 aromatic carbocycles. The summed E-state index contributed by atoms with van der Waals surface area (Å²) in [7, 11) is 0. The van der Waals surface area contributed by atoms with Gasteiger partial charge in [-0.05, 0) is 54.4 Å². The molecule has 0 spiro atoms. The molecule has 0 heterocycles. The Labute approximate surface area is 116 Å². The molecule has 102 valence electrons. The highest BCUT2D eigenvalue weighted by Gasteiger charge is 2.10. The molecule has 0 fully saturated rings. The van der Waals surface area contributed by atoms with Crippen LogP contribution >= 0.6 is 15.9 Å². The fourth-order valence-corrected chi connectivity index (χ4v) is 2.03. The molecule has 0 amide bonds. The van der Waals surface area contributed by atoms with Crippen molar-refractivity contribution in [2.24, 2.45) is 0 Å². The number of nitrogens with one attached hydrogen (secondary N) is 1. The second-order valence-corrected chi connectivity index (χ2v) is 4.66. The average molecular weight is 320 g/mol. The molecule has 0 aromatic heterocycles. The highest BCUT2D eigenvalue weighted by atomic mass is 79.9. The minimum Gasteiger partial charge on any atom is -0.380 e. The predicted molar refractivity (Wildman–Crippen MR) is 74.4 cm³/mol. The van der Waals surface area contributed by atoms with Gasteiger partial charge in [0.15, 0.2) is 6.29 Å². The zero-order valence-corrected chi connectivity index (χ0v) is 12.5. The monoisotopic (exact) mass is 319 g/mol. The molecule has 0 radical (unpaired) electrons. The molecule has 0 aliphatic carbocycles. The molecule has 5 heteroatoms. The second kappa shape index (κ2) is 7.71. The van der Waals surface area contributed by atoms with Gasteiger partial charge in [-0.15, -0.1) is 0 Å². The van der Waals surface area contributed by atoms with Crippen LogP contribution in [0.3, 0.4) is 0 Å². The van der Waals surface area contributed by atoms with E-state index in [0.29, 0.717) is 24.2 Å². The third-order valence-corrected chi connectivity index (χ3v) is 3.04. The Morgan fingerprint density at radius 1 is 1.28 bits per heavy atom. The number of anilines is 1. The lowest BCUT2D eigenvalue weighted by molar-refractivity contribution is -0.126. The smallest absolute Gasteiger partial charge is 0.174 e. The zero-order valence-electron chi connectivity index (χ0n) is 10.9. The fourth-order valence-electron chi connectivity index (χ4n) is 1.57. The SMILES string of the molecule is CCOC(CNc1cc(F)c(Br)cc1C)OCC. The van der Waals surface area contributed by atoms with E-state index in [9.17, 15) is 4.39 Å². The number of aryl methyl sites for hydroxylation is 1. The summed E-state index contributed by atoms with van der Waals surface area (Å²) >= 11 is 3.16. The third kappa shape index (κ3) is 4.55. The maximum Gasteiger partial charge on any atom is 0.174 e. The molecule has 3 nitrogen and oxygen atoms in total. The first kappa shape index (κ1) is 15.4. The summed E-state index contributed by atoms with van der Waals surface area (Å²) in [5, 5.41) is 3.14. The summed E-state index contributed by atoms with van der Waals surface area (Å²) < 4.78 is 24.7. The number of rotatable bonds is 7. The quantitative estimate of drug-likeness (QED) is 0.777. The van der Waals surface area contributed by atoms with Crippen molar-refractivity contribution in [2.75, 3.05) is 25.1 Å². The van der Waals surface area contributed by atoms with Gasteiger partial charge >= 0.3 is 0 Å². The Morgan fingerprint density at radius 2 is 1.89 bits per heavy atom. The van der Waals surface area contributed by atoms with Gasteiger partial charge in [0.05, 0.1) is 11.0 Å². The lowest BCUT2D eigenvalue weighted by Gasteiger charge is -2.19. The van der Waals surface area contributed by atoms with Gasteiger partial charge in [0, 0.05) is 18.9 Å². The minimum absolute atomic E-state index is 0.285. The van der Waals surface area contributed by atoms with Crippen LogP contribution in [0.2, 0.25) is 0 Å². The molecule has 0 aliphatic heterocycles. The van der Waals surface area contributed by atoms with Crippen LogP contribution in [0.1, 0.15) is 19.4 Å². The van der Waals surface area contributed by atoms with Gasteiger partial charge in [0.2, 0.25) is 0 Å². The van der Waals surface area contributed by atoms with E-state index >= 15 is 0 Å². The number of hydrogen-bond donors (Lipinski definition) is 1. The molecule has 1 aromatic rings. The van der Waals surface area contributed by atoms with Crippen molar-refractivity contribution in [3.63, 3.8) is 0 Å². The van der Waals surface area contributed by atoms with Crippen LogP contribution in [0.5, 0.6) is 0 Å². The van der Waals surface area contributed by atoms with Crippen molar-refractivity contribution in [3.8, 4) is 0 Å². The van der Waals surface area contributed by atoms with E-state index in [4.69, 9.17) is 9.47 Å². The molecule has 18 heavy (non-hydrogen) atoms. The van der Waals surface area contributed by atoms with Crippen LogP contribution in [-0.4, -0.2) is 26.0 Å². The summed E-state index contributed by atoms with van der Waals surface area (Å²) in [6, 6.07) is 3.21. The summed E-state index contributed by atoms with van der Waals surface area (Å²) in [5.74, 6) is -0.285. The van der Waals surface area contributed by atoms with Gasteiger partial charge in [0.25, 0.3) is 0 Å². The van der Waals surface area contributed by atoms with Crippen LogP contribution in [0.4, 0.5) is 10.1 Å². The number of halogens is 2. The molecule has 0 bridgehead atoms. The Balaban J connectivity index is 2.64. The van der Waals surface area contributed by atoms with E-state index in [1.807, 2.05) is 20.8 Å². The van der Waals surface area contributed by atoms with Crippen LogP contribution in [0.25, 0.3) is 0 Å². The first-order valence-corrected chi connectivity index (χ1v) is 6.80. The molecule has 1 rings (SSSR count). The first-order valence-electron chi connectivity index (χ1n) is 6.01. The first-order chi connectivity index (χ1) is 8.58. The zero-order chi connectivity index (χ0) is 13.5. The Morgan fingerprint density at radius 3 is 2.44 bits per heavy atom. The maximum atomic E-state index is 13.4. The van der Waals surface area contributed by atoms with Crippen LogP contribution in [-0.2, 0) is 9.47 Å². The highest BCUT2D eigenvalue weighted by molar-refractivity contribution is 9.10. The summed E-state index contributed by atoms with van der Waals surface area (Å²) in [6.07, 6.45) is -0.314. The molecule has 1 N–H and O–H groups in total. The van der Waals surface area contributed by atoms with Crippen LogP contribution in [0, 0.1) is 12.7 Å². The van der Waals surface area contributed by atoms with Gasteiger partial charge in [-0.1, -0.05) is 0 Å². The Kier molecular flexibility index (Phi) is 6.60. The second-order valence-electron chi connectivity index (χ2n) is 3.80. The average Bonchev–Trinajstić information content (AvgIpc) is 2.32. The standard InChI is InChI=1S/C13H19BrFNO2/c1-4-17-13(18-5-2)8-16-12-7-11(15)10(14)6-9(12)3/h6-7,13,16H,4-5,8H2,1-3H3. The normalized spacial score (nSPS) is 11.0. The van der Waals surface area contributed by atoms with Crippen molar-refractivity contribution >= 4 is 21.6 Å². The van der Waals surface area contributed by atoms with Crippen molar-refractivity contribution in [1.29, 1.82) is 0 Å². The van der Waals surface area contributed by atoms with Gasteiger partial charge in [-0.3, -0.25) is 0 Å². The van der Waals surface area contributed by atoms with E-state index in [0.717, 1.165) is 11.3 Å². The molecule has 0 atom stereocenters. The van der Waals surface area contributed by atoms with Crippen LogP contribution < -0.4 is 5.32 Å². The van der Waals surface area contributed by atoms with Gasteiger partial charge in [0.1, 0.15) is 5.82 Å². The fraction of sp³-hybridized carbons (Fsp3) is 0.538. The number of benzene rings is 1. The molecule has 0 saturated heterocycles. The van der Waals surface area contributed by atoms with Crippen molar-refractivity contribution in [2.45, 2.75) is 27.1 Å². The molecular weight excluding hydrogens is 301 g/mol. The van der Waals surface area contributed by atoms with Crippen molar-refractivity contribution in [1.82, 2.24) is 0 Å². The van der Waals surface area contributed by atoms with E-state index in [1.54, 1.807) is 6.07 Å². The van der Waals surface area contributed by atoms with Crippen LogP contribution in [0.15, 0.2) is 16.6 Å². The Hall–Kier alpha value is -0.650. The summed E-state index contributed by atoms with van der Waals surface area (Å²) in [4.78, 5) is 0. The van der Waals surface area contributed by atoms with Gasteiger partial charge < -0.3 is 14.8 Å². The van der Waals surface area contributed by atoms with Crippen molar-refractivity contribution in [3.05, 3.63) is 28.0 Å². The third-order valence-electron chi connectivity index (χ3n) is 2.43. The van der Waals surface area contributed by atoms with E-state index in [1.165, 1.54) is 6.07 Å². The largest absolute Gasteiger partial charge is 0.380 e. The maximum absolute atomic E-state index is 13.4. The predicted octanol–water partition coefficient (Wildman–Crippen LogP) is 3.71. The molecule has 0 aliphatic rings. The molecule has 0 saturated carbocycles. The summed E-state index contributed by atoms with van der Waals surface area (Å²) in [6.45, 7) is 7.40. The van der Waals surface area contributed by atoms with E-state index in [2.05, 4.69) is 21.2 Å². The van der Waals surface area contributed by atoms with Gasteiger partial charge in [-0.2, -0.15) is 0 Å². The number of ether oxygens (including phenoxy) is 2.